The van der Waals surface area contributed by atoms with Gasteiger partial charge in [0.25, 0.3) is 0 Å². The third kappa shape index (κ3) is 4.89. The van der Waals surface area contributed by atoms with Gasteiger partial charge in [0.05, 0.1) is 18.2 Å². The first-order chi connectivity index (χ1) is 13.9. The van der Waals surface area contributed by atoms with Crippen LogP contribution in [0.4, 0.5) is 13.2 Å². The van der Waals surface area contributed by atoms with E-state index in [2.05, 4.69) is 6.92 Å². The van der Waals surface area contributed by atoms with Crippen molar-refractivity contribution in [3.63, 3.8) is 0 Å². The van der Waals surface area contributed by atoms with Crippen molar-refractivity contribution < 1.29 is 27.4 Å². The predicted octanol–water partition coefficient (Wildman–Crippen LogP) is 5.40. The molecule has 4 nitrogen and oxygen atoms in total. The molecule has 1 saturated carbocycles. The summed E-state index contributed by atoms with van der Waals surface area (Å²) >= 11 is 0. The summed E-state index contributed by atoms with van der Waals surface area (Å²) in [6.07, 6.45) is 3.92. The maximum atomic E-state index is 14.4. The third-order valence-electron chi connectivity index (χ3n) is 5.13. The zero-order chi connectivity index (χ0) is 21.0. The molecule has 2 aromatic rings. The number of benzene rings is 2. The number of nitrogens with zero attached hydrogens (tertiary/aromatic N) is 1. The molecule has 0 aromatic heterocycles. The van der Waals surface area contributed by atoms with Crippen molar-refractivity contribution in [3.05, 3.63) is 58.9 Å². The Morgan fingerprint density at radius 3 is 2.38 bits per heavy atom. The van der Waals surface area contributed by atoms with Crippen molar-refractivity contribution in [2.45, 2.75) is 32.6 Å². The van der Waals surface area contributed by atoms with Crippen molar-refractivity contribution in [2.75, 3.05) is 6.61 Å². The van der Waals surface area contributed by atoms with Crippen LogP contribution in [0.5, 0.6) is 11.5 Å². The Morgan fingerprint density at radius 1 is 1.10 bits per heavy atom. The quantitative estimate of drug-likeness (QED) is 0.381. The molecule has 0 spiro atoms. The van der Waals surface area contributed by atoms with Gasteiger partial charge in [0.15, 0.2) is 11.6 Å². The van der Waals surface area contributed by atoms with Gasteiger partial charge in [-0.3, -0.25) is 0 Å². The molecule has 152 valence electrons. The molecule has 0 N–H and O–H groups in total. The van der Waals surface area contributed by atoms with Gasteiger partial charge in [0.1, 0.15) is 17.1 Å². The number of ether oxygens (including phenoxy) is 2. The van der Waals surface area contributed by atoms with Crippen LogP contribution < -0.4 is 9.47 Å². The van der Waals surface area contributed by atoms with Crippen LogP contribution in [0.1, 0.15) is 48.5 Å². The molecule has 0 aliphatic heterocycles. The standard InChI is InChI=1S/C22H20F3NO3/c1-13-2-4-15(5-3-13)12-28-18-10-17(23)19(21(25)20(18)24)22(27)29-16-8-6-14(11-26)7-9-16/h6-10,13,15H,2-5,12H2,1H3. The molecule has 0 bridgehead atoms. The first kappa shape index (κ1) is 20.7. The van der Waals surface area contributed by atoms with Gasteiger partial charge in [-0.15, -0.1) is 0 Å². The zero-order valence-electron chi connectivity index (χ0n) is 15.9. The lowest BCUT2D eigenvalue weighted by Gasteiger charge is -2.26. The number of carbonyl (C=O) groups excluding carboxylic acids is 1. The molecule has 0 amide bonds. The number of esters is 1. The average Bonchev–Trinajstić information content (AvgIpc) is 2.71. The number of carbonyl (C=O) groups is 1. The number of hydrogen-bond donors (Lipinski definition) is 0. The molecule has 7 heteroatoms. The third-order valence-corrected chi connectivity index (χ3v) is 5.13. The first-order valence-electron chi connectivity index (χ1n) is 9.41. The Morgan fingerprint density at radius 2 is 1.76 bits per heavy atom. The van der Waals surface area contributed by atoms with E-state index in [1.54, 1.807) is 0 Å². The maximum absolute atomic E-state index is 14.4. The molecule has 3 rings (SSSR count). The highest BCUT2D eigenvalue weighted by atomic mass is 19.2. The summed E-state index contributed by atoms with van der Waals surface area (Å²) in [5.41, 5.74) is -0.812. The lowest BCUT2D eigenvalue weighted by molar-refractivity contribution is 0.0722. The normalized spacial score (nSPS) is 18.7. The second-order valence-electron chi connectivity index (χ2n) is 7.32. The summed E-state index contributed by atoms with van der Waals surface area (Å²) in [4.78, 5) is 12.1. The minimum atomic E-state index is -1.66. The number of rotatable bonds is 5. The van der Waals surface area contributed by atoms with Crippen LogP contribution in [0.15, 0.2) is 30.3 Å². The minimum Gasteiger partial charge on any atom is -0.490 e. The molecule has 1 aliphatic rings. The van der Waals surface area contributed by atoms with Gasteiger partial charge in [-0.2, -0.15) is 9.65 Å². The van der Waals surface area contributed by atoms with Crippen LogP contribution >= 0.6 is 0 Å². The van der Waals surface area contributed by atoms with E-state index in [0.717, 1.165) is 25.7 Å². The summed E-state index contributed by atoms with van der Waals surface area (Å²) in [6, 6.07) is 7.89. The Labute approximate surface area is 166 Å². The summed E-state index contributed by atoms with van der Waals surface area (Å²) < 4.78 is 53.3. The van der Waals surface area contributed by atoms with Crippen LogP contribution in [-0.4, -0.2) is 12.6 Å². The largest absolute Gasteiger partial charge is 0.490 e. The van der Waals surface area contributed by atoms with Crippen LogP contribution in [0.3, 0.4) is 0 Å². The fourth-order valence-electron chi connectivity index (χ4n) is 3.32. The van der Waals surface area contributed by atoms with E-state index in [-0.39, 0.29) is 18.3 Å². The second-order valence-corrected chi connectivity index (χ2v) is 7.32. The van der Waals surface area contributed by atoms with Crippen LogP contribution in [0.2, 0.25) is 0 Å². The molecule has 2 aromatic carbocycles. The van der Waals surface area contributed by atoms with E-state index >= 15 is 0 Å². The fraction of sp³-hybridized carbons (Fsp3) is 0.364. The van der Waals surface area contributed by atoms with Crippen molar-refractivity contribution in [2.24, 2.45) is 11.8 Å². The lowest BCUT2D eigenvalue weighted by atomic mass is 9.83. The molecule has 0 heterocycles. The highest BCUT2D eigenvalue weighted by Gasteiger charge is 2.27. The lowest BCUT2D eigenvalue weighted by Crippen LogP contribution is -2.20. The van der Waals surface area contributed by atoms with E-state index in [4.69, 9.17) is 14.7 Å². The molecular formula is C22H20F3NO3. The number of nitriles is 1. The molecule has 0 unspecified atom stereocenters. The van der Waals surface area contributed by atoms with Gasteiger partial charge >= 0.3 is 5.97 Å². The molecular weight excluding hydrogens is 383 g/mol. The topological polar surface area (TPSA) is 59.3 Å². The number of halogens is 3. The SMILES string of the molecule is CC1CCC(COc2cc(F)c(C(=O)Oc3ccc(C#N)cc3)c(F)c2F)CC1. The summed E-state index contributed by atoms with van der Waals surface area (Å²) in [5, 5.41) is 8.75. The van der Waals surface area contributed by atoms with Gasteiger partial charge in [-0.1, -0.05) is 19.8 Å². The van der Waals surface area contributed by atoms with E-state index in [1.807, 2.05) is 6.07 Å². The van der Waals surface area contributed by atoms with Crippen molar-refractivity contribution in [1.29, 1.82) is 5.26 Å². The summed E-state index contributed by atoms with van der Waals surface area (Å²) in [7, 11) is 0. The summed E-state index contributed by atoms with van der Waals surface area (Å²) in [6.45, 7) is 2.33. The van der Waals surface area contributed by atoms with Gasteiger partial charge in [-0.25, -0.2) is 13.6 Å². The summed E-state index contributed by atoms with van der Waals surface area (Å²) in [5.74, 6) is -5.48. The Hall–Kier alpha value is -3.01. The van der Waals surface area contributed by atoms with Crippen LogP contribution in [-0.2, 0) is 0 Å². The zero-order valence-corrected chi connectivity index (χ0v) is 15.9. The number of hydrogen-bond acceptors (Lipinski definition) is 4. The van der Waals surface area contributed by atoms with Gasteiger partial charge in [0, 0.05) is 6.07 Å². The first-order valence-corrected chi connectivity index (χ1v) is 9.41. The molecule has 1 aliphatic carbocycles. The Balaban J connectivity index is 1.72. The molecule has 0 saturated heterocycles. The van der Waals surface area contributed by atoms with Crippen molar-refractivity contribution >= 4 is 5.97 Å². The molecule has 1 fully saturated rings. The molecule has 29 heavy (non-hydrogen) atoms. The van der Waals surface area contributed by atoms with Crippen molar-refractivity contribution in [1.82, 2.24) is 0 Å². The molecule has 0 atom stereocenters. The van der Waals surface area contributed by atoms with Crippen molar-refractivity contribution in [3.8, 4) is 17.6 Å². The van der Waals surface area contributed by atoms with Crippen LogP contribution in [0.25, 0.3) is 0 Å². The smallest absolute Gasteiger partial charge is 0.349 e. The monoisotopic (exact) mass is 403 g/mol. The van der Waals surface area contributed by atoms with E-state index in [9.17, 15) is 18.0 Å². The Bertz CT molecular complexity index is 930. The van der Waals surface area contributed by atoms with Gasteiger partial charge < -0.3 is 9.47 Å². The molecule has 0 radical (unpaired) electrons. The van der Waals surface area contributed by atoms with E-state index < -0.39 is 34.7 Å². The van der Waals surface area contributed by atoms with Gasteiger partial charge in [0.2, 0.25) is 5.82 Å². The van der Waals surface area contributed by atoms with E-state index in [0.29, 0.717) is 17.5 Å². The second kappa shape index (κ2) is 8.99. The highest BCUT2D eigenvalue weighted by Crippen LogP contribution is 2.31. The minimum absolute atomic E-state index is 0.0277. The van der Waals surface area contributed by atoms with E-state index in [1.165, 1.54) is 24.3 Å². The van der Waals surface area contributed by atoms with Gasteiger partial charge in [-0.05, 0) is 48.9 Å². The maximum Gasteiger partial charge on any atom is 0.349 e. The average molecular weight is 403 g/mol. The Kier molecular flexibility index (Phi) is 6.42. The van der Waals surface area contributed by atoms with Crippen LogP contribution in [0, 0.1) is 40.6 Å². The predicted molar refractivity (Wildman–Crippen MR) is 99.0 cm³/mol. The fourth-order valence-corrected chi connectivity index (χ4v) is 3.32. The highest BCUT2D eigenvalue weighted by molar-refractivity contribution is 5.92.